The van der Waals surface area contributed by atoms with Crippen LogP contribution in [0.4, 0.5) is 5.69 Å². The topological polar surface area (TPSA) is 66.4 Å². The van der Waals surface area contributed by atoms with Gasteiger partial charge in [-0.15, -0.1) is 0 Å². The van der Waals surface area contributed by atoms with Crippen LogP contribution in [0.5, 0.6) is 0 Å². The summed E-state index contributed by atoms with van der Waals surface area (Å²) < 4.78 is 0. The van der Waals surface area contributed by atoms with E-state index in [1.807, 2.05) is 0 Å². The second-order valence-electron chi connectivity index (χ2n) is 4.15. The van der Waals surface area contributed by atoms with Crippen LogP contribution in [0.2, 0.25) is 0 Å². The van der Waals surface area contributed by atoms with Crippen LogP contribution in [0.3, 0.4) is 0 Å². The number of carbonyl (C=O) groups is 2. The zero-order valence-electron chi connectivity index (χ0n) is 9.57. The Kier molecular flexibility index (Phi) is 3.44. The summed E-state index contributed by atoms with van der Waals surface area (Å²) in [6.07, 6.45) is 0. The van der Waals surface area contributed by atoms with Gasteiger partial charge in [-0.2, -0.15) is 0 Å². The van der Waals surface area contributed by atoms with Gasteiger partial charge in [-0.1, -0.05) is 0 Å². The minimum absolute atomic E-state index is 0.165. The first-order valence-corrected chi connectivity index (χ1v) is 4.95. The van der Waals surface area contributed by atoms with Crippen LogP contribution >= 0.6 is 0 Å². The maximum absolute atomic E-state index is 11.7. The van der Waals surface area contributed by atoms with E-state index in [9.17, 15) is 14.7 Å². The van der Waals surface area contributed by atoms with E-state index in [0.29, 0.717) is 11.3 Å². The molecule has 0 fully saturated rings. The van der Waals surface area contributed by atoms with E-state index < -0.39 is 5.60 Å². The lowest BCUT2D eigenvalue weighted by atomic mass is 9.97. The van der Waals surface area contributed by atoms with Crippen molar-refractivity contribution < 1.29 is 14.7 Å². The maximum atomic E-state index is 11.7. The number of Topliss-reactive ketones (excluding diaryl/α,β-unsaturated/α-hetero) is 1. The third-order valence-corrected chi connectivity index (χ3v) is 2.02. The van der Waals surface area contributed by atoms with Gasteiger partial charge in [-0.05, 0) is 38.1 Å². The molecule has 0 spiro atoms. The normalized spacial score (nSPS) is 11.0. The lowest BCUT2D eigenvalue weighted by Crippen LogP contribution is -2.31. The second kappa shape index (κ2) is 4.45. The predicted octanol–water partition coefficient (Wildman–Crippen LogP) is 1.60. The zero-order chi connectivity index (χ0) is 12.3. The van der Waals surface area contributed by atoms with Crippen molar-refractivity contribution >= 4 is 17.4 Å². The van der Waals surface area contributed by atoms with Crippen LogP contribution in [0.25, 0.3) is 0 Å². The first-order valence-electron chi connectivity index (χ1n) is 4.95. The first kappa shape index (κ1) is 12.4. The lowest BCUT2D eigenvalue weighted by Gasteiger charge is -2.15. The molecule has 0 radical (unpaired) electrons. The quantitative estimate of drug-likeness (QED) is 0.762. The second-order valence-corrected chi connectivity index (χ2v) is 4.15. The molecule has 1 rings (SSSR count). The van der Waals surface area contributed by atoms with Crippen LogP contribution in [-0.4, -0.2) is 22.4 Å². The summed E-state index contributed by atoms with van der Waals surface area (Å²) in [7, 11) is 0. The number of nitrogens with one attached hydrogen (secondary N) is 1. The Balaban J connectivity index is 2.87. The Morgan fingerprint density at radius 1 is 1.19 bits per heavy atom. The van der Waals surface area contributed by atoms with Crippen LogP contribution < -0.4 is 5.32 Å². The molecule has 2 N–H and O–H groups in total. The molecule has 16 heavy (non-hydrogen) atoms. The van der Waals surface area contributed by atoms with Gasteiger partial charge in [-0.3, -0.25) is 9.59 Å². The van der Waals surface area contributed by atoms with Gasteiger partial charge in [0.25, 0.3) is 0 Å². The molecule has 0 saturated heterocycles. The van der Waals surface area contributed by atoms with Crippen molar-refractivity contribution in [2.75, 3.05) is 5.32 Å². The Morgan fingerprint density at radius 3 is 2.06 bits per heavy atom. The number of rotatable bonds is 3. The van der Waals surface area contributed by atoms with Crippen molar-refractivity contribution in [3.05, 3.63) is 29.8 Å². The highest BCUT2D eigenvalue weighted by atomic mass is 16.3. The molecule has 0 atom stereocenters. The molecule has 1 aromatic carbocycles. The van der Waals surface area contributed by atoms with Gasteiger partial charge in [-0.25, -0.2) is 0 Å². The van der Waals surface area contributed by atoms with E-state index in [4.69, 9.17) is 0 Å². The summed E-state index contributed by atoms with van der Waals surface area (Å²) in [5, 5.41) is 12.1. The fourth-order valence-electron chi connectivity index (χ4n) is 1.26. The summed E-state index contributed by atoms with van der Waals surface area (Å²) in [6.45, 7) is 4.30. The van der Waals surface area contributed by atoms with Crippen molar-refractivity contribution in [2.45, 2.75) is 26.4 Å². The number of carbonyl (C=O) groups excluding carboxylic acids is 2. The van der Waals surface area contributed by atoms with E-state index in [0.717, 1.165) is 0 Å². The minimum atomic E-state index is -1.38. The largest absolute Gasteiger partial charge is 0.382 e. The molecule has 0 aromatic heterocycles. The van der Waals surface area contributed by atoms with Gasteiger partial charge < -0.3 is 10.4 Å². The Labute approximate surface area is 94.3 Å². The van der Waals surface area contributed by atoms with Crippen LogP contribution in [0.1, 0.15) is 31.1 Å². The molecule has 0 heterocycles. The summed E-state index contributed by atoms with van der Waals surface area (Å²) in [5.41, 5.74) is -0.336. The van der Waals surface area contributed by atoms with E-state index >= 15 is 0 Å². The summed E-state index contributed by atoms with van der Waals surface area (Å²) in [5.74, 6) is -0.511. The average molecular weight is 221 g/mol. The first-order chi connectivity index (χ1) is 7.30. The highest BCUT2D eigenvalue weighted by molar-refractivity contribution is 6.02. The Morgan fingerprint density at radius 2 is 1.69 bits per heavy atom. The van der Waals surface area contributed by atoms with Gasteiger partial charge in [0.1, 0.15) is 5.60 Å². The van der Waals surface area contributed by atoms with E-state index in [1.54, 1.807) is 24.3 Å². The molecular weight excluding hydrogens is 206 g/mol. The number of hydrogen-bond acceptors (Lipinski definition) is 3. The molecule has 4 nitrogen and oxygen atoms in total. The molecule has 0 aliphatic heterocycles. The van der Waals surface area contributed by atoms with Crippen molar-refractivity contribution in [1.82, 2.24) is 0 Å². The third-order valence-electron chi connectivity index (χ3n) is 2.02. The molecular formula is C12H15NO3. The van der Waals surface area contributed by atoms with Gasteiger partial charge in [0.2, 0.25) is 5.91 Å². The molecule has 4 heteroatoms. The average Bonchev–Trinajstić information content (AvgIpc) is 2.15. The fraction of sp³-hybridized carbons (Fsp3) is 0.333. The van der Waals surface area contributed by atoms with E-state index in [-0.39, 0.29) is 11.7 Å². The van der Waals surface area contributed by atoms with Gasteiger partial charge >= 0.3 is 0 Å². The number of aliphatic hydroxyl groups is 1. The van der Waals surface area contributed by atoms with Crippen molar-refractivity contribution in [3.63, 3.8) is 0 Å². The Hall–Kier alpha value is -1.68. The van der Waals surface area contributed by atoms with Crippen molar-refractivity contribution in [1.29, 1.82) is 0 Å². The third kappa shape index (κ3) is 3.17. The molecule has 1 aromatic rings. The van der Waals surface area contributed by atoms with Gasteiger partial charge in [0, 0.05) is 18.2 Å². The number of benzene rings is 1. The molecule has 0 saturated carbocycles. The number of hydrogen-bond donors (Lipinski definition) is 2. The number of amides is 1. The van der Waals surface area contributed by atoms with Gasteiger partial charge in [0.15, 0.2) is 5.78 Å². The monoisotopic (exact) mass is 221 g/mol. The Bertz CT molecular complexity index is 401. The van der Waals surface area contributed by atoms with Crippen LogP contribution in [0.15, 0.2) is 24.3 Å². The maximum Gasteiger partial charge on any atom is 0.221 e. The molecule has 86 valence electrons. The molecule has 1 amide bonds. The molecule has 0 unspecified atom stereocenters. The smallest absolute Gasteiger partial charge is 0.221 e. The van der Waals surface area contributed by atoms with Crippen LogP contribution in [0, 0.1) is 0 Å². The van der Waals surface area contributed by atoms with E-state index in [1.165, 1.54) is 20.8 Å². The minimum Gasteiger partial charge on any atom is -0.382 e. The number of ketones is 1. The summed E-state index contributed by atoms with van der Waals surface area (Å²) in [6, 6.07) is 6.40. The highest BCUT2D eigenvalue weighted by Gasteiger charge is 2.24. The predicted molar refractivity (Wildman–Crippen MR) is 61.4 cm³/mol. The van der Waals surface area contributed by atoms with Crippen molar-refractivity contribution in [3.8, 4) is 0 Å². The van der Waals surface area contributed by atoms with Gasteiger partial charge in [0.05, 0.1) is 0 Å². The molecule has 0 aliphatic carbocycles. The number of anilines is 1. The zero-order valence-corrected chi connectivity index (χ0v) is 9.57. The standard InChI is InChI=1S/C12H15NO3/c1-8(14)13-10-6-4-9(5-7-10)11(15)12(2,3)16/h4-7,16H,1-3H3,(H,13,14). The molecule has 0 aliphatic rings. The van der Waals surface area contributed by atoms with E-state index in [2.05, 4.69) is 5.32 Å². The molecule has 0 bridgehead atoms. The summed E-state index contributed by atoms with van der Waals surface area (Å²) >= 11 is 0. The van der Waals surface area contributed by atoms with Crippen LogP contribution in [-0.2, 0) is 4.79 Å². The van der Waals surface area contributed by atoms with Crippen molar-refractivity contribution in [2.24, 2.45) is 0 Å². The SMILES string of the molecule is CC(=O)Nc1ccc(C(=O)C(C)(C)O)cc1. The fourth-order valence-corrected chi connectivity index (χ4v) is 1.26. The summed E-state index contributed by atoms with van der Waals surface area (Å²) in [4.78, 5) is 22.4. The highest BCUT2D eigenvalue weighted by Crippen LogP contribution is 2.15. The lowest BCUT2D eigenvalue weighted by molar-refractivity contribution is -0.114.